The van der Waals surface area contributed by atoms with E-state index >= 15 is 0 Å². The summed E-state index contributed by atoms with van der Waals surface area (Å²) < 4.78 is 5.22. The quantitative estimate of drug-likeness (QED) is 0.0757. The number of benzene rings is 2. The Hall–Kier alpha value is -5.07. The minimum atomic E-state index is -0.909. The molecule has 0 bridgehead atoms. The van der Waals surface area contributed by atoms with E-state index in [1.807, 2.05) is 0 Å². The molecular formula is C43H63N5O8. The molecule has 13 nitrogen and oxygen atoms in total. The van der Waals surface area contributed by atoms with Crippen molar-refractivity contribution in [2.45, 2.75) is 120 Å². The first-order valence-electron chi connectivity index (χ1n) is 19.6. The van der Waals surface area contributed by atoms with Crippen LogP contribution in [0.2, 0.25) is 0 Å². The van der Waals surface area contributed by atoms with E-state index in [1.165, 1.54) is 6.92 Å². The van der Waals surface area contributed by atoms with Gasteiger partial charge in [-0.3, -0.25) is 33.6 Å². The van der Waals surface area contributed by atoms with Crippen LogP contribution in [0.3, 0.4) is 0 Å². The maximum atomic E-state index is 13.2. The molecule has 0 aliphatic carbocycles. The number of ether oxygens (including phenoxy) is 1. The lowest BCUT2D eigenvalue weighted by molar-refractivity contribution is -0.148. The summed E-state index contributed by atoms with van der Waals surface area (Å²) in [6, 6.07) is 11.1. The summed E-state index contributed by atoms with van der Waals surface area (Å²) >= 11 is 0. The van der Waals surface area contributed by atoms with Gasteiger partial charge in [0.25, 0.3) is 5.91 Å². The standard InChI is InChI=1S/C43H63N5O8/c1-25(2)21-34(22-26(3)4)39(51)32-14-16-33(17-15-32)41(53)44-23-37(50)45-29(9)11-20-36(49)48-38(27(5)6)42(54)46-30(10)40(52)47-35-18-12-31(13-19-35)24-56-43(55)28(7)8/h12-19,25-30,34,38H,11,20-24H2,1-10H3,(H,44,53)(H,45,50)(H,46,54)(H,47,52)(H,48,49). The van der Waals surface area contributed by atoms with Crippen LogP contribution in [0.15, 0.2) is 48.5 Å². The first-order valence-corrected chi connectivity index (χ1v) is 19.6. The van der Waals surface area contributed by atoms with Crippen molar-refractivity contribution in [3.63, 3.8) is 0 Å². The maximum absolute atomic E-state index is 13.2. The van der Waals surface area contributed by atoms with Crippen LogP contribution in [-0.2, 0) is 35.3 Å². The van der Waals surface area contributed by atoms with Gasteiger partial charge in [0.05, 0.1) is 12.5 Å². The molecule has 5 N–H and O–H groups in total. The molecule has 0 saturated carbocycles. The third-order valence-electron chi connectivity index (χ3n) is 9.03. The maximum Gasteiger partial charge on any atom is 0.308 e. The number of amides is 5. The molecule has 2 rings (SSSR count). The lowest BCUT2D eigenvalue weighted by Gasteiger charge is -2.24. The number of carbonyl (C=O) groups is 7. The normalized spacial score (nSPS) is 12.9. The van der Waals surface area contributed by atoms with Crippen LogP contribution in [0.4, 0.5) is 5.69 Å². The van der Waals surface area contributed by atoms with Crippen LogP contribution in [-0.4, -0.2) is 66.0 Å². The Bertz CT molecular complexity index is 1630. The fraction of sp³-hybridized carbons (Fsp3) is 0.558. The molecule has 5 amide bonds. The van der Waals surface area contributed by atoms with Gasteiger partial charge in [0.15, 0.2) is 5.78 Å². The molecule has 308 valence electrons. The molecule has 2 aromatic rings. The SMILES string of the molecule is CC(C)CC(CC(C)C)C(=O)c1ccc(C(=O)NCC(=O)NC(C)CCC(=O)NC(C(=O)NC(C)C(=O)Nc2ccc(COC(=O)C(C)C)cc2)C(C)C)cc1. The first-order chi connectivity index (χ1) is 26.3. The van der Waals surface area contributed by atoms with E-state index in [0.29, 0.717) is 28.7 Å². The van der Waals surface area contributed by atoms with Crippen LogP contribution in [0.5, 0.6) is 0 Å². The Balaban J connectivity index is 1.79. The van der Waals surface area contributed by atoms with Gasteiger partial charge in [-0.15, -0.1) is 0 Å². The highest BCUT2D eigenvalue weighted by Gasteiger charge is 2.27. The summed E-state index contributed by atoms with van der Waals surface area (Å²) in [6.45, 7) is 18.6. The summed E-state index contributed by atoms with van der Waals surface area (Å²) in [7, 11) is 0. The molecule has 0 radical (unpaired) electrons. The van der Waals surface area contributed by atoms with Crippen molar-refractivity contribution in [2.75, 3.05) is 11.9 Å². The van der Waals surface area contributed by atoms with E-state index in [0.717, 1.165) is 18.4 Å². The van der Waals surface area contributed by atoms with Crippen molar-refractivity contribution in [3.05, 3.63) is 65.2 Å². The summed E-state index contributed by atoms with van der Waals surface area (Å²) in [6.07, 6.45) is 1.90. The minimum Gasteiger partial charge on any atom is -0.461 e. The zero-order valence-corrected chi connectivity index (χ0v) is 34.7. The zero-order valence-electron chi connectivity index (χ0n) is 34.7. The predicted molar refractivity (Wildman–Crippen MR) is 216 cm³/mol. The van der Waals surface area contributed by atoms with E-state index in [4.69, 9.17) is 4.74 Å². The number of hydrogen-bond acceptors (Lipinski definition) is 8. The highest BCUT2D eigenvalue weighted by atomic mass is 16.5. The van der Waals surface area contributed by atoms with Crippen LogP contribution in [0, 0.1) is 29.6 Å². The summed E-state index contributed by atoms with van der Waals surface area (Å²) in [5.41, 5.74) is 2.15. The third kappa shape index (κ3) is 16.7. The number of hydrogen-bond donors (Lipinski definition) is 5. The van der Waals surface area contributed by atoms with Gasteiger partial charge < -0.3 is 31.3 Å². The van der Waals surface area contributed by atoms with E-state index in [2.05, 4.69) is 54.3 Å². The highest BCUT2D eigenvalue weighted by molar-refractivity contribution is 6.01. The average molecular weight is 778 g/mol. The first kappa shape index (κ1) is 47.1. The van der Waals surface area contributed by atoms with E-state index in [9.17, 15) is 33.6 Å². The fourth-order valence-electron chi connectivity index (χ4n) is 5.88. The van der Waals surface area contributed by atoms with Crippen LogP contribution in [0.1, 0.15) is 121 Å². The molecule has 13 heteroatoms. The van der Waals surface area contributed by atoms with Crippen molar-refractivity contribution in [1.29, 1.82) is 0 Å². The summed E-state index contributed by atoms with van der Waals surface area (Å²) in [4.78, 5) is 88.9. The molecular weight excluding hydrogens is 714 g/mol. The molecule has 0 aliphatic rings. The smallest absolute Gasteiger partial charge is 0.308 e. The lowest BCUT2D eigenvalue weighted by Crippen LogP contribution is -2.53. The van der Waals surface area contributed by atoms with Crippen LogP contribution >= 0.6 is 0 Å². The predicted octanol–water partition coefficient (Wildman–Crippen LogP) is 5.58. The number of Topliss-reactive ketones (excluding diaryl/α,β-unsaturated/α-hetero) is 1. The monoisotopic (exact) mass is 777 g/mol. The Labute approximate surface area is 332 Å². The van der Waals surface area contributed by atoms with Crippen LogP contribution in [0.25, 0.3) is 0 Å². The molecule has 0 aromatic heterocycles. The molecule has 0 heterocycles. The fourth-order valence-corrected chi connectivity index (χ4v) is 5.88. The molecule has 56 heavy (non-hydrogen) atoms. The van der Waals surface area contributed by atoms with E-state index in [1.54, 1.807) is 83.1 Å². The second kappa shape index (κ2) is 23.1. The van der Waals surface area contributed by atoms with Crippen LogP contribution < -0.4 is 26.6 Å². The van der Waals surface area contributed by atoms with Gasteiger partial charge in [0.2, 0.25) is 23.6 Å². The molecule has 0 aliphatic heterocycles. The minimum absolute atomic E-state index is 0.0211. The Morgan fingerprint density at radius 1 is 0.643 bits per heavy atom. The molecule has 0 saturated heterocycles. The summed E-state index contributed by atoms with van der Waals surface area (Å²) in [5, 5.41) is 13.5. The van der Waals surface area contributed by atoms with Crippen molar-refractivity contribution in [2.24, 2.45) is 29.6 Å². The number of anilines is 1. The number of carbonyl (C=O) groups excluding carboxylic acids is 7. The number of esters is 1. The van der Waals surface area contributed by atoms with Gasteiger partial charge in [-0.05, 0) is 80.7 Å². The topological polar surface area (TPSA) is 189 Å². The number of nitrogens with one attached hydrogen (secondary N) is 5. The zero-order chi connectivity index (χ0) is 42.1. The number of ketones is 1. The second-order valence-electron chi connectivity index (χ2n) is 16.1. The molecule has 2 aromatic carbocycles. The van der Waals surface area contributed by atoms with Gasteiger partial charge in [-0.1, -0.05) is 79.7 Å². The van der Waals surface area contributed by atoms with Gasteiger partial charge in [0, 0.05) is 35.2 Å². The van der Waals surface area contributed by atoms with E-state index in [-0.39, 0.29) is 55.5 Å². The second-order valence-corrected chi connectivity index (χ2v) is 16.1. The molecule has 3 unspecified atom stereocenters. The van der Waals surface area contributed by atoms with Gasteiger partial charge in [-0.2, -0.15) is 0 Å². The van der Waals surface area contributed by atoms with Crippen molar-refractivity contribution in [1.82, 2.24) is 21.3 Å². The molecule has 3 atom stereocenters. The lowest BCUT2D eigenvalue weighted by atomic mass is 9.84. The van der Waals surface area contributed by atoms with Crippen molar-refractivity contribution < 1.29 is 38.3 Å². The summed E-state index contributed by atoms with van der Waals surface area (Å²) in [5.74, 6) is -2.29. The average Bonchev–Trinajstić information content (AvgIpc) is 3.13. The van der Waals surface area contributed by atoms with Crippen molar-refractivity contribution >= 4 is 47.0 Å². The Morgan fingerprint density at radius 3 is 1.75 bits per heavy atom. The number of rotatable bonds is 22. The molecule has 0 spiro atoms. The highest BCUT2D eigenvalue weighted by Crippen LogP contribution is 2.24. The third-order valence-corrected chi connectivity index (χ3v) is 9.03. The Kier molecular flexibility index (Phi) is 19.4. The van der Waals surface area contributed by atoms with Gasteiger partial charge in [0.1, 0.15) is 18.7 Å². The Morgan fingerprint density at radius 2 is 1.21 bits per heavy atom. The van der Waals surface area contributed by atoms with E-state index < -0.39 is 47.7 Å². The van der Waals surface area contributed by atoms with Gasteiger partial charge in [-0.25, -0.2) is 0 Å². The van der Waals surface area contributed by atoms with Gasteiger partial charge >= 0.3 is 5.97 Å². The largest absolute Gasteiger partial charge is 0.461 e. The van der Waals surface area contributed by atoms with Crippen molar-refractivity contribution in [3.8, 4) is 0 Å². The molecule has 0 fully saturated rings.